The third kappa shape index (κ3) is 2.67. The van der Waals surface area contributed by atoms with Crippen LogP contribution in [0.2, 0.25) is 0 Å². The Hall–Kier alpha value is -1.68. The average Bonchev–Trinajstić information content (AvgIpc) is 2.19. The van der Waals surface area contributed by atoms with Gasteiger partial charge in [0, 0.05) is 13.0 Å². The predicted molar refractivity (Wildman–Crippen MR) is 50.7 cm³/mol. The fraction of sp³-hybridized carbons (Fsp3) is 0.200. The number of benzene rings is 1. The molecule has 4 heteroatoms. The van der Waals surface area contributed by atoms with Gasteiger partial charge >= 0.3 is 5.97 Å². The van der Waals surface area contributed by atoms with E-state index in [1.54, 1.807) is 24.3 Å². The number of carbonyl (C=O) groups is 2. The van der Waals surface area contributed by atoms with Gasteiger partial charge in [-0.05, 0) is 11.1 Å². The quantitative estimate of drug-likeness (QED) is 0.676. The molecule has 0 saturated heterocycles. The van der Waals surface area contributed by atoms with E-state index in [1.807, 2.05) is 0 Å². The van der Waals surface area contributed by atoms with Crippen LogP contribution in [0.5, 0.6) is 0 Å². The van der Waals surface area contributed by atoms with Crippen molar-refractivity contribution in [1.82, 2.24) is 0 Å². The van der Waals surface area contributed by atoms with Gasteiger partial charge in [-0.1, -0.05) is 24.3 Å². The van der Waals surface area contributed by atoms with Crippen molar-refractivity contribution >= 4 is 11.8 Å². The third-order valence-corrected chi connectivity index (χ3v) is 1.86. The van der Waals surface area contributed by atoms with Gasteiger partial charge in [0.15, 0.2) is 0 Å². The molecule has 0 spiro atoms. The van der Waals surface area contributed by atoms with Crippen LogP contribution in [0.25, 0.3) is 0 Å². The Bertz CT molecular complexity index is 343. The standard InChI is InChI=1S/C10H11NO3/c11-6-8-3-1-7(2-4-8)5-9(12)10(13)14/h1-4H,5-6,11H2,(H,13,14). The van der Waals surface area contributed by atoms with E-state index in [9.17, 15) is 9.59 Å². The number of carbonyl (C=O) groups excluding carboxylic acids is 1. The molecule has 0 fully saturated rings. The molecular formula is C10H11NO3. The molecule has 14 heavy (non-hydrogen) atoms. The highest BCUT2D eigenvalue weighted by molar-refractivity contribution is 6.33. The SMILES string of the molecule is NCc1ccc(CC(=O)C(=O)O)cc1. The smallest absolute Gasteiger partial charge is 0.372 e. The number of carboxylic acids is 1. The highest BCUT2D eigenvalue weighted by Gasteiger charge is 2.11. The molecule has 0 unspecified atom stereocenters. The van der Waals surface area contributed by atoms with E-state index in [0.29, 0.717) is 12.1 Å². The fourth-order valence-corrected chi connectivity index (χ4v) is 1.05. The number of aliphatic carboxylic acids is 1. The summed E-state index contributed by atoms with van der Waals surface area (Å²) in [4.78, 5) is 21.1. The van der Waals surface area contributed by atoms with Crippen LogP contribution < -0.4 is 5.73 Å². The van der Waals surface area contributed by atoms with Gasteiger partial charge in [0.05, 0.1) is 0 Å². The first kappa shape index (κ1) is 10.4. The topological polar surface area (TPSA) is 80.4 Å². The monoisotopic (exact) mass is 193 g/mol. The summed E-state index contributed by atoms with van der Waals surface area (Å²) in [6, 6.07) is 6.99. The molecule has 0 aliphatic rings. The van der Waals surface area contributed by atoms with Crippen LogP contribution >= 0.6 is 0 Å². The summed E-state index contributed by atoms with van der Waals surface area (Å²) in [5, 5.41) is 8.37. The molecular weight excluding hydrogens is 182 g/mol. The minimum Gasteiger partial charge on any atom is -0.475 e. The summed E-state index contributed by atoms with van der Waals surface area (Å²) >= 11 is 0. The molecule has 4 nitrogen and oxygen atoms in total. The van der Waals surface area contributed by atoms with Crippen molar-refractivity contribution in [3.8, 4) is 0 Å². The number of rotatable bonds is 4. The summed E-state index contributed by atoms with van der Waals surface area (Å²) in [6.07, 6.45) is -0.0693. The number of nitrogens with two attached hydrogens (primary N) is 1. The lowest BCUT2D eigenvalue weighted by Gasteiger charge is -1.99. The van der Waals surface area contributed by atoms with E-state index in [4.69, 9.17) is 10.8 Å². The maximum Gasteiger partial charge on any atom is 0.372 e. The maximum absolute atomic E-state index is 10.8. The lowest BCUT2D eigenvalue weighted by Crippen LogP contribution is -2.15. The summed E-state index contributed by atoms with van der Waals surface area (Å²) in [5.74, 6) is -2.20. The largest absolute Gasteiger partial charge is 0.475 e. The van der Waals surface area contributed by atoms with Gasteiger partial charge in [-0.25, -0.2) is 4.79 Å². The zero-order chi connectivity index (χ0) is 10.6. The highest BCUT2D eigenvalue weighted by Crippen LogP contribution is 2.04. The second-order valence-electron chi connectivity index (χ2n) is 2.93. The van der Waals surface area contributed by atoms with Crippen LogP contribution in [0.1, 0.15) is 11.1 Å². The van der Waals surface area contributed by atoms with Crippen molar-refractivity contribution in [2.24, 2.45) is 5.73 Å². The first-order valence-electron chi connectivity index (χ1n) is 4.17. The second-order valence-corrected chi connectivity index (χ2v) is 2.93. The molecule has 1 rings (SSSR count). The minimum atomic E-state index is -1.40. The number of Topliss-reactive ketones (excluding diaryl/α,β-unsaturated/α-hetero) is 1. The maximum atomic E-state index is 10.8. The molecule has 3 N–H and O–H groups in total. The molecule has 0 saturated carbocycles. The molecule has 0 aliphatic heterocycles. The van der Waals surface area contributed by atoms with Crippen molar-refractivity contribution < 1.29 is 14.7 Å². The van der Waals surface area contributed by atoms with Crippen molar-refractivity contribution in [3.63, 3.8) is 0 Å². The molecule has 1 aromatic carbocycles. The predicted octanol–water partition coefficient (Wildman–Crippen LogP) is 0.341. The van der Waals surface area contributed by atoms with E-state index < -0.39 is 11.8 Å². The molecule has 1 aromatic rings. The fourth-order valence-electron chi connectivity index (χ4n) is 1.05. The third-order valence-electron chi connectivity index (χ3n) is 1.86. The Morgan fingerprint density at radius 1 is 1.14 bits per heavy atom. The van der Waals surface area contributed by atoms with Gasteiger partial charge < -0.3 is 10.8 Å². The second kappa shape index (κ2) is 4.53. The Morgan fingerprint density at radius 3 is 2.07 bits per heavy atom. The van der Waals surface area contributed by atoms with Crippen LogP contribution in [0.15, 0.2) is 24.3 Å². The van der Waals surface area contributed by atoms with Gasteiger partial charge in [0.2, 0.25) is 5.78 Å². The molecule has 0 radical (unpaired) electrons. The highest BCUT2D eigenvalue weighted by atomic mass is 16.4. The number of ketones is 1. The first-order chi connectivity index (χ1) is 6.63. The van der Waals surface area contributed by atoms with Gasteiger partial charge in [0.25, 0.3) is 0 Å². The number of hydrogen-bond donors (Lipinski definition) is 2. The van der Waals surface area contributed by atoms with Gasteiger partial charge in [-0.2, -0.15) is 0 Å². The average molecular weight is 193 g/mol. The van der Waals surface area contributed by atoms with Crippen LogP contribution in [0.3, 0.4) is 0 Å². The summed E-state index contributed by atoms with van der Waals surface area (Å²) in [7, 11) is 0. The van der Waals surface area contributed by atoms with E-state index in [2.05, 4.69) is 0 Å². The first-order valence-corrected chi connectivity index (χ1v) is 4.17. The Kier molecular flexibility index (Phi) is 3.36. The zero-order valence-corrected chi connectivity index (χ0v) is 7.56. The minimum absolute atomic E-state index is 0.0693. The molecule has 0 amide bonds. The van der Waals surface area contributed by atoms with Crippen molar-refractivity contribution in [2.75, 3.05) is 0 Å². The summed E-state index contributed by atoms with van der Waals surface area (Å²) in [6.45, 7) is 0.438. The van der Waals surface area contributed by atoms with Gasteiger partial charge in [-0.15, -0.1) is 0 Å². The van der Waals surface area contributed by atoms with Crippen LogP contribution in [-0.2, 0) is 22.6 Å². The molecule has 0 aliphatic carbocycles. The molecule has 0 heterocycles. The Balaban J connectivity index is 2.69. The van der Waals surface area contributed by atoms with Crippen LogP contribution in [0.4, 0.5) is 0 Å². The Labute approximate surface area is 81.3 Å². The van der Waals surface area contributed by atoms with Crippen molar-refractivity contribution in [1.29, 1.82) is 0 Å². The van der Waals surface area contributed by atoms with Crippen molar-refractivity contribution in [2.45, 2.75) is 13.0 Å². The summed E-state index contributed by atoms with van der Waals surface area (Å²) < 4.78 is 0. The lowest BCUT2D eigenvalue weighted by atomic mass is 10.1. The normalized spacial score (nSPS) is 9.79. The molecule has 74 valence electrons. The molecule has 0 bridgehead atoms. The Morgan fingerprint density at radius 2 is 1.64 bits per heavy atom. The number of hydrogen-bond acceptors (Lipinski definition) is 3. The molecule has 0 atom stereocenters. The zero-order valence-electron chi connectivity index (χ0n) is 7.56. The van der Waals surface area contributed by atoms with Crippen LogP contribution in [0, 0.1) is 0 Å². The number of carboxylic acid groups (broad SMARTS) is 1. The van der Waals surface area contributed by atoms with Crippen LogP contribution in [-0.4, -0.2) is 16.9 Å². The lowest BCUT2D eigenvalue weighted by molar-refractivity contribution is -0.148. The van der Waals surface area contributed by atoms with E-state index in [-0.39, 0.29) is 6.42 Å². The summed E-state index contributed by atoms with van der Waals surface area (Å²) in [5.41, 5.74) is 7.03. The molecule has 0 aromatic heterocycles. The van der Waals surface area contributed by atoms with E-state index >= 15 is 0 Å². The van der Waals surface area contributed by atoms with Gasteiger partial charge in [0.1, 0.15) is 0 Å². The van der Waals surface area contributed by atoms with Crippen molar-refractivity contribution in [3.05, 3.63) is 35.4 Å². The van der Waals surface area contributed by atoms with E-state index in [1.165, 1.54) is 0 Å². The van der Waals surface area contributed by atoms with E-state index in [0.717, 1.165) is 5.56 Å². The van der Waals surface area contributed by atoms with Gasteiger partial charge in [-0.3, -0.25) is 4.79 Å².